The van der Waals surface area contributed by atoms with Gasteiger partial charge < -0.3 is 10.4 Å². The Labute approximate surface area is 137 Å². The number of nitrogens with one attached hydrogen (secondary N) is 1. The fourth-order valence-corrected chi connectivity index (χ4v) is 3.12. The second-order valence-electron chi connectivity index (χ2n) is 6.66. The highest BCUT2D eigenvalue weighted by Crippen LogP contribution is 2.48. The summed E-state index contributed by atoms with van der Waals surface area (Å²) < 4.78 is 0. The maximum absolute atomic E-state index is 12.4. The zero-order chi connectivity index (χ0) is 16.4. The van der Waals surface area contributed by atoms with Crippen molar-refractivity contribution in [2.24, 2.45) is 5.92 Å². The lowest BCUT2D eigenvalue weighted by Gasteiger charge is -2.24. The zero-order valence-corrected chi connectivity index (χ0v) is 13.6. The SMILES string of the molecule is Cc1ccccc1C1CC1C(=O)NCC(C)(O)c1ccccc1. The van der Waals surface area contributed by atoms with E-state index >= 15 is 0 Å². The van der Waals surface area contributed by atoms with Crippen molar-refractivity contribution < 1.29 is 9.90 Å². The normalized spacial score (nSPS) is 22.2. The van der Waals surface area contributed by atoms with E-state index in [1.165, 1.54) is 11.1 Å². The molecule has 3 heteroatoms. The number of benzene rings is 2. The van der Waals surface area contributed by atoms with E-state index in [4.69, 9.17) is 0 Å². The molecule has 3 atom stereocenters. The van der Waals surface area contributed by atoms with E-state index in [1.54, 1.807) is 6.92 Å². The van der Waals surface area contributed by atoms with Crippen LogP contribution in [0, 0.1) is 12.8 Å². The highest BCUT2D eigenvalue weighted by atomic mass is 16.3. The van der Waals surface area contributed by atoms with Crippen LogP contribution in [0.15, 0.2) is 54.6 Å². The van der Waals surface area contributed by atoms with Crippen LogP contribution in [0.5, 0.6) is 0 Å². The first-order valence-electron chi connectivity index (χ1n) is 8.10. The van der Waals surface area contributed by atoms with Crippen LogP contribution in [0.1, 0.15) is 36.0 Å². The lowest BCUT2D eigenvalue weighted by atomic mass is 9.96. The lowest BCUT2D eigenvalue weighted by molar-refractivity contribution is -0.123. The van der Waals surface area contributed by atoms with Gasteiger partial charge in [0.1, 0.15) is 5.60 Å². The predicted molar refractivity (Wildman–Crippen MR) is 91.0 cm³/mol. The molecule has 3 unspecified atom stereocenters. The molecule has 1 aliphatic rings. The minimum absolute atomic E-state index is 0.0303. The first kappa shape index (κ1) is 15.8. The van der Waals surface area contributed by atoms with Crippen molar-refractivity contribution in [3.05, 3.63) is 71.3 Å². The van der Waals surface area contributed by atoms with E-state index < -0.39 is 5.60 Å². The molecule has 0 radical (unpaired) electrons. The fraction of sp³-hybridized carbons (Fsp3) is 0.350. The number of carbonyl (C=O) groups is 1. The van der Waals surface area contributed by atoms with Crippen LogP contribution in [0.25, 0.3) is 0 Å². The fourth-order valence-electron chi connectivity index (χ4n) is 3.12. The van der Waals surface area contributed by atoms with Crippen molar-refractivity contribution in [1.82, 2.24) is 5.32 Å². The van der Waals surface area contributed by atoms with Crippen LogP contribution < -0.4 is 5.32 Å². The second kappa shape index (κ2) is 6.17. The van der Waals surface area contributed by atoms with Gasteiger partial charge in [-0.05, 0) is 42.9 Å². The maximum atomic E-state index is 12.4. The van der Waals surface area contributed by atoms with Gasteiger partial charge in [-0.25, -0.2) is 0 Å². The summed E-state index contributed by atoms with van der Waals surface area (Å²) in [6.07, 6.45) is 0.893. The summed E-state index contributed by atoms with van der Waals surface area (Å²) in [5.74, 6) is 0.384. The molecule has 0 aromatic heterocycles. The molecule has 2 aromatic rings. The average Bonchev–Trinajstić information content (AvgIpc) is 3.34. The molecule has 2 aromatic carbocycles. The first-order chi connectivity index (χ1) is 11.0. The Bertz CT molecular complexity index is 694. The third-order valence-electron chi connectivity index (χ3n) is 4.72. The van der Waals surface area contributed by atoms with Crippen molar-refractivity contribution in [3.63, 3.8) is 0 Å². The lowest BCUT2D eigenvalue weighted by Crippen LogP contribution is -2.39. The number of amides is 1. The molecule has 1 amide bonds. The van der Waals surface area contributed by atoms with E-state index in [0.717, 1.165) is 12.0 Å². The van der Waals surface area contributed by atoms with Crippen LogP contribution in [0.2, 0.25) is 0 Å². The number of hydrogen-bond donors (Lipinski definition) is 2. The van der Waals surface area contributed by atoms with Gasteiger partial charge in [-0.2, -0.15) is 0 Å². The monoisotopic (exact) mass is 309 g/mol. The first-order valence-corrected chi connectivity index (χ1v) is 8.10. The van der Waals surface area contributed by atoms with Crippen LogP contribution >= 0.6 is 0 Å². The summed E-state index contributed by atoms with van der Waals surface area (Å²) in [6.45, 7) is 4.05. The van der Waals surface area contributed by atoms with Crippen LogP contribution in [-0.2, 0) is 10.4 Å². The summed E-state index contributed by atoms with van der Waals surface area (Å²) in [7, 11) is 0. The average molecular weight is 309 g/mol. The number of aliphatic hydroxyl groups is 1. The van der Waals surface area contributed by atoms with E-state index in [9.17, 15) is 9.90 Å². The third kappa shape index (κ3) is 3.45. The molecule has 1 fully saturated rings. The van der Waals surface area contributed by atoms with Gasteiger partial charge in [0, 0.05) is 5.92 Å². The van der Waals surface area contributed by atoms with E-state index in [1.807, 2.05) is 42.5 Å². The number of carbonyl (C=O) groups excluding carboxylic acids is 1. The summed E-state index contributed by atoms with van der Waals surface area (Å²) in [6, 6.07) is 17.7. The Morgan fingerprint density at radius 1 is 1.17 bits per heavy atom. The quantitative estimate of drug-likeness (QED) is 0.891. The highest BCUT2D eigenvalue weighted by molar-refractivity contribution is 5.83. The molecule has 0 spiro atoms. The minimum atomic E-state index is -1.05. The van der Waals surface area contributed by atoms with Gasteiger partial charge in [0.2, 0.25) is 5.91 Å². The number of aryl methyl sites for hydroxylation is 1. The molecule has 3 rings (SSSR count). The molecular weight excluding hydrogens is 286 g/mol. The summed E-state index contributed by atoms with van der Waals surface area (Å²) in [5, 5.41) is 13.5. The van der Waals surface area contributed by atoms with E-state index in [2.05, 4.69) is 24.4 Å². The smallest absolute Gasteiger partial charge is 0.223 e. The van der Waals surface area contributed by atoms with Crippen LogP contribution in [0.3, 0.4) is 0 Å². The van der Waals surface area contributed by atoms with Crippen molar-refractivity contribution >= 4 is 5.91 Å². The Hall–Kier alpha value is -2.13. The van der Waals surface area contributed by atoms with E-state index in [-0.39, 0.29) is 18.4 Å². The molecule has 0 bridgehead atoms. The molecule has 1 saturated carbocycles. The molecule has 0 heterocycles. The second-order valence-corrected chi connectivity index (χ2v) is 6.66. The van der Waals surface area contributed by atoms with Crippen LogP contribution in [0.4, 0.5) is 0 Å². The summed E-state index contributed by atoms with van der Waals surface area (Å²) in [5.41, 5.74) is 2.27. The molecule has 2 N–H and O–H groups in total. The molecule has 0 saturated heterocycles. The molecule has 0 aliphatic heterocycles. The Morgan fingerprint density at radius 3 is 2.52 bits per heavy atom. The maximum Gasteiger partial charge on any atom is 0.223 e. The van der Waals surface area contributed by atoms with Gasteiger partial charge >= 0.3 is 0 Å². The van der Waals surface area contributed by atoms with Crippen molar-refractivity contribution in [1.29, 1.82) is 0 Å². The van der Waals surface area contributed by atoms with Crippen molar-refractivity contribution in [2.45, 2.75) is 31.8 Å². The highest BCUT2D eigenvalue weighted by Gasteiger charge is 2.44. The number of rotatable bonds is 5. The molecular formula is C20H23NO2. The van der Waals surface area contributed by atoms with Gasteiger partial charge in [-0.3, -0.25) is 4.79 Å². The third-order valence-corrected chi connectivity index (χ3v) is 4.72. The topological polar surface area (TPSA) is 49.3 Å². The van der Waals surface area contributed by atoms with Gasteiger partial charge in [0.05, 0.1) is 6.54 Å². The zero-order valence-electron chi connectivity index (χ0n) is 13.6. The summed E-state index contributed by atoms with van der Waals surface area (Å²) >= 11 is 0. The summed E-state index contributed by atoms with van der Waals surface area (Å²) in [4.78, 5) is 12.4. The Kier molecular flexibility index (Phi) is 4.22. The minimum Gasteiger partial charge on any atom is -0.384 e. The van der Waals surface area contributed by atoms with Crippen LogP contribution in [-0.4, -0.2) is 17.6 Å². The van der Waals surface area contributed by atoms with Crippen molar-refractivity contribution in [2.75, 3.05) is 6.54 Å². The predicted octanol–water partition coefficient (Wildman–Crippen LogP) is 3.12. The van der Waals surface area contributed by atoms with Gasteiger partial charge in [-0.15, -0.1) is 0 Å². The number of hydrogen-bond acceptors (Lipinski definition) is 2. The molecule has 3 nitrogen and oxygen atoms in total. The Balaban J connectivity index is 1.58. The molecule has 23 heavy (non-hydrogen) atoms. The Morgan fingerprint density at radius 2 is 1.83 bits per heavy atom. The van der Waals surface area contributed by atoms with Gasteiger partial charge in [0.15, 0.2) is 0 Å². The van der Waals surface area contributed by atoms with Gasteiger partial charge in [0.25, 0.3) is 0 Å². The standard InChI is InChI=1S/C20H23NO2/c1-14-8-6-7-11-16(14)17-12-18(17)19(22)21-13-20(2,23)15-9-4-3-5-10-15/h3-11,17-18,23H,12-13H2,1-2H3,(H,21,22). The van der Waals surface area contributed by atoms with Crippen molar-refractivity contribution in [3.8, 4) is 0 Å². The van der Waals surface area contributed by atoms with E-state index in [0.29, 0.717) is 5.92 Å². The molecule has 120 valence electrons. The van der Waals surface area contributed by atoms with Gasteiger partial charge in [-0.1, -0.05) is 54.6 Å². The largest absolute Gasteiger partial charge is 0.384 e. The molecule has 1 aliphatic carbocycles.